The molecular formula is C16H22N2S2. The van der Waals surface area contributed by atoms with E-state index in [1.807, 2.05) is 22.7 Å². The van der Waals surface area contributed by atoms with E-state index < -0.39 is 0 Å². The van der Waals surface area contributed by atoms with Crippen molar-refractivity contribution in [3.63, 3.8) is 0 Å². The average Bonchev–Trinajstić information content (AvgIpc) is 3.04. The molecule has 0 fully saturated rings. The van der Waals surface area contributed by atoms with Crippen LogP contribution < -0.4 is 5.32 Å². The van der Waals surface area contributed by atoms with Gasteiger partial charge in [-0.1, -0.05) is 6.92 Å². The standard InChI is InChI=1S/C16H22N2S2/c1-4-17-13(9-16-18-10(2)11(3)19-16)15-8-12-6-5-7-14(12)20-15/h8,13,17H,4-7,9H2,1-3H3. The highest BCUT2D eigenvalue weighted by molar-refractivity contribution is 7.12. The largest absolute Gasteiger partial charge is 0.309 e. The van der Waals surface area contributed by atoms with Crippen molar-refractivity contribution < 1.29 is 0 Å². The number of thiophene rings is 1. The molecule has 0 saturated heterocycles. The van der Waals surface area contributed by atoms with Gasteiger partial charge in [-0.25, -0.2) is 4.98 Å². The van der Waals surface area contributed by atoms with Gasteiger partial charge in [-0.3, -0.25) is 0 Å². The molecule has 4 heteroatoms. The minimum atomic E-state index is 0.431. The predicted molar refractivity (Wildman–Crippen MR) is 88.1 cm³/mol. The van der Waals surface area contributed by atoms with Gasteiger partial charge in [-0.2, -0.15) is 0 Å². The highest BCUT2D eigenvalue weighted by atomic mass is 32.1. The summed E-state index contributed by atoms with van der Waals surface area (Å²) < 4.78 is 0. The molecule has 0 aromatic carbocycles. The fraction of sp³-hybridized carbons (Fsp3) is 0.562. The van der Waals surface area contributed by atoms with Gasteiger partial charge in [-0.05, 0) is 51.3 Å². The number of thiazole rings is 1. The molecule has 3 rings (SSSR count). The van der Waals surface area contributed by atoms with Crippen LogP contribution in [0.15, 0.2) is 6.07 Å². The van der Waals surface area contributed by atoms with E-state index in [0.29, 0.717) is 6.04 Å². The van der Waals surface area contributed by atoms with E-state index in [9.17, 15) is 0 Å². The van der Waals surface area contributed by atoms with Gasteiger partial charge in [0.05, 0.1) is 10.7 Å². The molecular weight excluding hydrogens is 284 g/mol. The zero-order valence-corrected chi connectivity index (χ0v) is 14.1. The second-order valence-corrected chi connectivity index (χ2v) is 7.97. The number of likely N-dealkylation sites (N-methyl/N-ethyl adjacent to an activating group) is 1. The maximum absolute atomic E-state index is 4.70. The average molecular weight is 307 g/mol. The Morgan fingerprint density at radius 3 is 2.80 bits per heavy atom. The van der Waals surface area contributed by atoms with E-state index >= 15 is 0 Å². The lowest BCUT2D eigenvalue weighted by Crippen LogP contribution is -2.22. The summed E-state index contributed by atoms with van der Waals surface area (Å²) in [6, 6.07) is 2.87. The summed E-state index contributed by atoms with van der Waals surface area (Å²) in [5.74, 6) is 0. The van der Waals surface area contributed by atoms with Crippen molar-refractivity contribution >= 4 is 22.7 Å². The third-order valence-corrected chi connectivity index (χ3v) is 6.46. The van der Waals surface area contributed by atoms with Crippen LogP contribution in [-0.2, 0) is 19.3 Å². The summed E-state index contributed by atoms with van der Waals surface area (Å²) in [4.78, 5) is 9.18. The molecule has 0 aliphatic heterocycles. The Morgan fingerprint density at radius 1 is 1.30 bits per heavy atom. The summed E-state index contributed by atoms with van der Waals surface area (Å²) in [5.41, 5.74) is 2.79. The van der Waals surface area contributed by atoms with Crippen molar-refractivity contribution in [2.24, 2.45) is 0 Å². The maximum atomic E-state index is 4.70. The minimum Gasteiger partial charge on any atom is -0.309 e. The summed E-state index contributed by atoms with van der Waals surface area (Å²) in [6.45, 7) is 7.47. The van der Waals surface area contributed by atoms with Crippen LogP contribution in [0.3, 0.4) is 0 Å². The Bertz CT molecular complexity index is 557. The summed E-state index contributed by atoms with van der Waals surface area (Å²) >= 11 is 3.86. The number of aromatic nitrogens is 1. The quantitative estimate of drug-likeness (QED) is 0.895. The van der Waals surface area contributed by atoms with Crippen molar-refractivity contribution in [3.05, 3.63) is 37.0 Å². The first-order valence-electron chi connectivity index (χ1n) is 7.45. The molecule has 1 atom stereocenters. The topological polar surface area (TPSA) is 24.9 Å². The lowest BCUT2D eigenvalue weighted by Gasteiger charge is -2.15. The van der Waals surface area contributed by atoms with E-state index in [2.05, 4.69) is 32.2 Å². The van der Waals surface area contributed by atoms with Gasteiger partial charge in [0.25, 0.3) is 0 Å². The monoisotopic (exact) mass is 306 g/mol. The van der Waals surface area contributed by atoms with Crippen LogP contribution in [0.1, 0.15) is 50.3 Å². The van der Waals surface area contributed by atoms with Crippen molar-refractivity contribution in [1.82, 2.24) is 10.3 Å². The minimum absolute atomic E-state index is 0.431. The summed E-state index contributed by atoms with van der Waals surface area (Å²) in [5, 5.41) is 4.91. The number of aryl methyl sites for hydroxylation is 4. The molecule has 1 aliphatic rings. The van der Waals surface area contributed by atoms with E-state index in [0.717, 1.165) is 13.0 Å². The van der Waals surface area contributed by atoms with Crippen LogP contribution in [-0.4, -0.2) is 11.5 Å². The number of rotatable bonds is 5. The van der Waals surface area contributed by atoms with Crippen LogP contribution in [0.4, 0.5) is 0 Å². The first kappa shape index (κ1) is 14.2. The van der Waals surface area contributed by atoms with Gasteiger partial charge in [0, 0.05) is 27.1 Å². The molecule has 2 aromatic rings. The molecule has 2 heterocycles. The van der Waals surface area contributed by atoms with E-state index in [1.165, 1.54) is 39.7 Å². The van der Waals surface area contributed by atoms with E-state index in [4.69, 9.17) is 4.98 Å². The smallest absolute Gasteiger partial charge is 0.0950 e. The molecule has 20 heavy (non-hydrogen) atoms. The Hall–Kier alpha value is -0.710. The van der Waals surface area contributed by atoms with Crippen molar-refractivity contribution in [3.8, 4) is 0 Å². The predicted octanol–water partition coefficient (Wildman–Crippen LogP) is 4.20. The fourth-order valence-corrected chi connectivity index (χ4v) is 5.16. The van der Waals surface area contributed by atoms with Crippen LogP contribution in [0.2, 0.25) is 0 Å². The number of hydrogen-bond acceptors (Lipinski definition) is 4. The lowest BCUT2D eigenvalue weighted by atomic mass is 10.1. The van der Waals surface area contributed by atoms with Gasteiger partial charge in [0.2, 0.25) is 0 Å². The van der Waals surface area contributed by atoms with Crippen LogP contribution >= 0.6 is 22.7 Å². The Morgan fingerprint density at radius 2 is 2.15 bits per heavy atom. The summed E-state index contributed by atoms with van der Waals surface area (Å²) in [7, 11) is 0. The normalized spacial score (nSPS) is 15.6. The van der Waals surface area contributed by atoms with E-state index in [1.54, 1.807) is 10.4 Å². The lowest BCUT2D eigenvalue weighted by molar-refractivity contribution is 0.556. The molecule has 0 saturated carbocycles. The molecule has 1 unspecified atom stereocenters. The highest BCUT2D eigenvalue weighted by Crippen LogP contribution is 2.35. The Labute approximate surface area is 129 Å². The number of hydrogen-bond donors (Lipinski definition) is 1. The SMILES string of the molecule is CCNC(Cc1nc(C)c(C)s1)c1cc2c(s1)CCC2. The maximum Gasteiger partial charge on any atom is 0.0950 e. The highest BCUT2D eigenvalue weighted by Gasteiger charge is 2.21. The molecule has 0 amide bonds. The van der Waals surface area contributed by atoms with Gasteiger partial charge >= 0.3 is 0 Å². The molecule has 1 aliphatic carbocycles. The first-order valence-corrected chi connectivity index (χ1v) is 9.08. The van der Waals surface area contributed by atoms with Gasteiger partial charge in [0.15, 0.2) is 0 Å². The molecule has 0 radical (unpaired) electrons. The summed E-state index contributed by atoms with van der Waals surface area (Å²) in [6.07, 6.45) is 4.93. The molecule has 2 nitrogen and oxygen atoms in total. The number of nitrogens with one attached hydrogen (secondary N) is 1. The fourth-order valence-electron chi connectivity index (χ4n) is 2.84. The molecule has 108 valence electrons. The third-order valence-electron chi connectivity index (χ3n) is 4.01. The number of fused-ring (bicyclic) bond motifs is 1. The molecule has 0 spiro atoms. The van der Waals surface area contributed by atoms with Gasteiger partial charge in [-0.15, -0.1) is 22.7 Å². The van der Waals surface area contributed by atoms with Crippen molar-refractivity contribution in [2.45, 2.75) is 52.5 Å². The Kier molecular flexibility index (Phi) is 4.24. The van der Waals surface area contributed by atoms with Gasteiger partial charge in [0.1, 0.15) is 0 Å². The second kappa shape index (κ2) is 5.96. The second-order valence-electron chi connectivity index (χ2n) is 5.51. The van der Waals surface area contributed by atoms with Crippen molar-refractivity contribution in [2.75, 3.05) is 6.54 Å². The zero-order valence-electron chi connectivity index (χ0n) is 12.5. The Balaban J connectivity index is 1.80. The van der Waals surface area contributed by atoms with Crippen molar-refractivity contribution in [1.29, 1.82) is 0 Å². The van der Waals surface area contributed by atoms with Crippen LogP contribution in [0.25, 0.3) is 0 Å². The molecule has 1 N–H and O–H groups in total. The van der Waals surface area contributed by atoms with E-state index in [-0.39, 0.29) is 0 Å². The molecule has 0 bridgehead atoms. The van der Waals surface area contributed by atoms with Crippen LogP contribution in [0, 0.1) is 13.8 Å². The zero-order chi connectivity index (χ0) is 14.1. The first-order chi connectivity index (χ1) is 9.67. The third kappa shape index (κ3) is 2.83. The molecule has 2 aromatic heterocycles. The van der Waals surface area contributed by atoms with Crippen LogP contribution in [0.5, 0.6) is 0 Å². The van der Waals surface area contributed by atoms with Gasteiger partial charge < -0.3 is 5.32 Å². The number of nitrogens with zero attached hydrogens (tertiary/aromatic N) is 1.